The highest BCUT2D eigenvalue weighted by Crippen LogP contribution is 2.28. The lowest BCUT2D eigenvalue weighted by Crippen LogP contribution is -1.99. The number of anilines is 1. The van der Waals surface area contributed by atoms with E-state index >= 15 is 0 Å². The zero-order valence-electron chi connectivity index (χ0n) is 9.12. The molecular weight excluding hydrogens is 225 g/mol. The van der Waals surface area contributed by atoms with Crippen molar-refractivity contribution in [3.8, 4) is 11.3 Å². The van der Waals surface area contributed by atoms with E-state index in [1.165, 1.54) is 6.07 Å². The molecule has 0 spiro atoms. The fraction of sp³-hybridized carbons (Fsp3) is 0.273. The predicted molar refractivity (Wildman–Crippen MR) is 64.2 cm³/mol. The molecule has 1 heterocycles. The van der Waals surface area contributed by atoms with Gasteiger partial charge in [0.15, 0.2) is 5.82 Å². The molecule has 1 N–H and O–H groups in total. The number of aromatic nitrogens is 2. The summed E-state index contributed by atoms with van der Waals surface area (Å²) in [6.07, 6.45) is 0. The van der Waals surface area contributed by atoms with E-state index in [0.717, 1.165) is 23.8 Å². The van der Waals surface area contributed by atoms with Crippen LogP contribution in [-0.2, 0) is 0 Å². The Kier molecular flexibility index (Phi) is 3.14. The van der Waals surface area contributed by atoms with E-state index in [2.05, 4.69) is 14.1 Å². The third kappa shape index (κ3) is 2.04. The first-order valence-corrected chi connectivity index (χ1v) is 5.78. The molecule has 0 fully saturated rings. The van der Waals surface area contributed by atoms with E-state index in [1.807, 2.05) is 13.8 Å². The zero-order chi connectivity index (χ0) is 11.5. The van der Waals surface area contributed by atoms with Gasteiger partial charge in [0.2, 0.25) is 0 Å². The highest BCUT2D eigenvalue weighted by Gasteiger charge is 2.13. The van der Waals surface area contributed by atoms with Crippen molar-refractivity contribution in [1.29, 1.82) is 0 Å². The molecule has 0 atom stereocenters. The lowest BCUT2D eigenvalue weighted by atomic mass is 10.1. The molecule has 0 aliphatic heterocycles. The van der Waals surface area contributed by atoms with Crippen LogP contribution in [-0.4, -0.2) is 15.3 Å². The molecule has 0 amide bonds. The van der Waals surface area contributed by atoms with Gasteiger partial charge >= 0.3 is 0 Å². The smallest absolute Gasteiger partial charge is 0.168 e. The monoisotopic (exact) mass is 237 g/mol. The van der Waals surface area contributed by atoms with Gasteiger partial charge in [0, 0.05) is 12.1 Å². The number of hydrogen-bond donors (Lipinski definition) is 1. The highest BCUT2D eigenvalue weighted by atomic mass is 32.1. The fourth-order valence-corrected chi connectivity index (χ4v) is 2.01. The Morgan fingerprint density at radius 2 is 2.19 bits per heavy atom. The van der Waals surface area contributed by atoms with Crippen LogP contribution in [0.4, 0.5) is 10.2 Å². The standard InChI is InChI=1S/C11H12FN3S/c1-3-13-11-10(14-16-15-11)8-6-7(2)4-5-9(8)12/h4-6H,3H2,1-2H3,(H,13,15). The summed E-state index contributed by atoms with van der Waals surface area (Å²) in [5.74, 6) is 0.384. The van der Waals surface area contributed by atoms with Crippen molar-refractivity contribution in [1.82, 2.24) is 8.75 Å². The second-order valence-electron chi connectivity index (χ2n) is 3.48. The molecule has 0 bridgehead atoms. The van der Waals surface area contributed by atoms with E-state index in [9.17, 15) is 4.39 Å². The van der Waals surface area contributed by atoms with Gasteiger partial charge in [-0.15, -0.1) is 0 Å². The molecule has 1 aromatic carbocycles. The number of halogens is 1. The van der Waals surface area contributed by atoms with Crippen LogP contribution in [0.15, 0.2) is 18.2 Å². The molecule has 5 heteroatoms. The van der Waals surface area contributed by atoms with Gasteiger partial charge in [0.25, 0.3) is 0 Å². The molecule has 3 nitrogen and oxygen atoms in total. The lowest BCUT2D eigenvalue weighted by Gasteiger charge is -2.04. The lowest BCUT2D eigenvalue weighted by molar-refractivity contribution is 0.630. The molecule has 16 heavy (non-hydrogen) atoms. The molecule has 0 saturated heterocycles. The first-order chi connectivity index (χ1) is 7.72. The molecule has 0 aliphatic carbocycles. The second-order valence-corrected chi connectivity index (χ2v) is 4.00. The maximum Gasteiger partial charge on any atom is 0.168 e. The summed E-state index contributed by atoms with van der Waals surface area (Å²) in [5.41, 5.74) is 2.10. The Morgan fingerprint density at radius 1 is 1.38 bits per heavy atom. The third-order valence-corrected chi connectivity index (χ3v) is 2.74. The number of benzene rings is 1. The highest BCUT2D eigenvalue weighted by molar-refractivity contribution is 6.99. The van der Waals surface area contributed by atoms with Gasteiger partial charge < -0.3 is 5.32 Å². The number of nitrogens with one attached hydrogen (secondary N) is 1. The maximum absolute atomic E-state index is 13.7. The Labute approximate surface area is 97.7 Å². The van der Waals surface area contributed by atoms with Crippen molar-refractivity contribution in [2.24, 2.45) is 0 Å². The summed E-state index contributed by atoms with van der Waals surface area (Å²) in [5, 5.41) is 3.07. The molecular formula is C11H12FN3S. The van der Waals surface area contributed by atoms with Crippen LogP contribution in [0.2, 0.25) is 0 Å². The van der Waals surface area contributed by atoms with E-state index in [1.54, 1.807) is 12.1 Å². The Balaban J connectivity index is 2.49. The summed E-state index contributed by atoms with van der Waals surface area (Å²) in [4.78, 5) is 0. The number of aryl methyl sites for hydroxylation is 1. The van der Waals surface area contributed by atoms with Crippen molar-refractivity contribution in [2.45, 2.75) is 13.8 Å². The van der Waals surface area contributed by atoms with Crippen molar-refractivity contribution in [2.75, 3.05) is 11.9 Å². The minimum atomic E-state index is -0.266. The molecule has 2 rings (SSSR count). The van der Waals surface area contributed by atoms with Gasteiger partial charge in [0.1, 0.15) is 11.5 Å². The summed E-state index contributed by atoms with van der Waals surface area (Å²) in [6, 6.07) is 4.98. The number of rotatable bonds is 3. The molecule has 2 aromatic rings. The summed E-state index contributed by atoms with van der Waals surface area (Å²) < 4.78 is 21.9. The van der Waals surface area contributed by atoms with E-state index in [-0.39, 0.29) is 5.82 Å². The Hall–Kier alpha value is -1.49. The number of nitrogens with zero attached hydrogens (tertiary/aromatic N) is 2. The van der Waals surface area contributed by atoms with Crippen molar-refractivity contribution in [3.63, 3.8) is 0 Å². The Morgan fingerprint density at radius 3 is 2.94 bits per heavy atom. The van der Waals surface area contributed by atoms with Crippen molar-refractivity contribution in [3.05, 3.63) is 29.6 Å². The van der Waals surface area contributed by atoms with Gasteiger partial charge in [-0.1, -0.05) is 11.6 Å². The molecule has 0 radical (unpaired) electrons. The van der Waals surface area contributed by atoms with Gasteiger partial charge in [-0.05, 0) is 26.0 Å². The minimum absolute atomic E-state index is 0.266. The van der Waals surface area contributed by atoms with Gasteiger partial charge in [-0.2, -0.15) is 8.75 Å². The second kappa shape index (κ2) is 4.57. The molecule has 84 valence electrons. The molecule has 0 aliphatic rings. The zero-order valence-corrected chi connectivity index (χ0v) is 9.94. The van der Waals surface area contributed by atoms with E-state index in [0.29, 0.717) is 17.1 Å². The average Bonchev–Trinajstić information content (AvgIpc) is 2.70. The normalized spacial score (nSPS) is 10.4. The summed E-state index contributed by atoms with van der Waals surface area (Å²) in [7, 11) is 0. The Bertz CT molecular complexity index is 496. The third-order valence-electron chi connectivity index (χ3n) is 2.21. The van der Waals surface area contributed by atoms with Gasteiger partial charge in [0.05, 0.1) is 11.7 Å². The van der Waals surface area contributed by atoms with Crippen molar-refractivity contribution < 1.29 is 4.39 Å². The number of hydrogen-bond acceptors (Lipinski definition) is 4. The van der Waals surface area contributed by atoms with Crippen LogP contribution in [0.25, 0.3) is 11.3 Å². The average molecular weight is 237 g/mol. The van der Waals surface area contributed by atoms with Crippen LogP contribution in [0, 0.1) is 12.7 Å². The van der Waals surface area contributed by atoms with Crippen LogP contribution < -0.4 is 5.32 Å². The topological polar surface area (TPSA) is 37.8 Å². The van der Waals surface area contributed by atoms with Crippen LogP contribution in [0.1, 0.15) is 12.5 Å². The maximum atomic E-state index is 13.7. The van der Waals surface area contributed by atoms with Crippen LogP contribution in [0.5, 0.6) is 0 Å². The molecule has 0 unspecified atom stereocenters. The van der Waals surface area contributed by atoms with Crippen LogP contribution >= 0.6 is 11.7 Å². The summed E-state index contributed by atoms with van der Waals surface area (Å²) in [6.45, 7) is 4.64. The van der Waals surface area contributed by atoms with Crippen molar-refractivity contribution >= 4 is 17.5 Å². The minimum Gasteiger partial charge on any atom is -0.368 e. The quantitative estimate of drug-likeness (QED) is 0.891. The fourth-order valence-electron chi connectivity index (χ4n) is 1.47. The van der Waals surface area contributed by atoms with Gasteiger partial charge in [-0.3, -0.25) is 0 Å². The van der Waals surface area contributed by atoms with Crippen LogP contribution in [0.3, 0.4) is 0 Å². The summed E-state index contributed by atoms with van der Waals surface area (Å²) >= 11 is 1.09. The largest absolute Gasteiger partial charge is 0.368 e. The molecule has 1 aromatic heterocycles. The van der Waals surface area contributed by atoms with E-state index in [4.69, 9.17) is 0 Å². The van der Waals surface area contributed by atoms with Gasteiger partial charge in [-0.25, -0.2) is 4.39 Å². The molecule has 0 saturated carbocycles. The SMILES string of the molecule is CCNc1nsnc1-c1cc(C)ccc1F. The predicted octanol–water partition coefficient (Wildman–Crippen LogP) is 3.08. The first kappa shape index (κ1) is 11.0. The van der Waals surface area contributed by atoms with E-state index < -0.39 is 0 Å². The first-order valence-electron chi connectivity index (χ1n) is 5.05.